The molecule has 0 amide bonds. The third kappa shape index (κ3) is 3.57. The molecule has 0 bridgehead atoms. The molecule has 1 unspecified atom stereocenters. The first kappa shape index (κ1) is 13.1. The highest BCUT2D eigenvalue weighted by atomic mass is 16.3. The molecule has 1 atom stereocenters. The molecule has 0 saturated heterocycles. The molecule has 2 rings (SSSR count). The Kier molecular flexibility index (Phi) is 4.54. The second-order valence-corrected chi connectivity index (χ2v) is 4.37. The zero-order valence-corrected chi connectivity index (χ0v) is 10.6. The SMILES string of the molecule is N#Cc1ccccc1NC(CO)Cc1ccccc1. The van der Waals surface area contributed by atoms with Crippen molar-refractivity contribution in [2.24, 2.45) is 0 Å². The highest BCUT2D eigenvalue weighted by Gasteiger charge is 2.10. The van der Waals surface area contributed by atoms with Gasteiger partial charge in [0.15, 0.2) is 0 Å². The van der Waals surface area contributed by atoms with Crippen LogP contribution < -0.4 is 5.32 Å². The second-order valence-electron chi connectivity index (χ2n) is 4.37. The van der Waals surface area contributed by atoms with Crippen LogP contribution in [-0.2, 0) is 6.42 Å². The van der Waals surface area contributed by atoms with Gasteiger partial charge in [-0.3, -0.25) is 0 Å². The second kappa shape index (κ2) is 6.58. The molecule has 0 saturated carbocycles. The summed E-state index contributed by atoms with van der Waals surface area (Å²) in [4.78, 5) is 0. The lowest BCUT2D eigenvalue weighted by Gasteiger charge is -2.18. The van der Waals surface area contributed by atoms with Gasteiger partial charge in [0.2, 0.25) is 0 Å². The van der Waals surface area contributed by atoms with Crippen molar-refractivity contribution in [3.63, 3.8) is 0 Å². The number of rotatable bonds is 5. The number of hydrogen-bond donors (Lipinski definition) is 2. The third-order valence-electron chi connectivity index (χ3n) is 2.95. The Morgan fingerprint density at radius 1 is 1.05 bits per heavy atom. The van der Waals surface area contributed by atoms with Crippen LogP contribution in [0.2, 0.25) is 0 Å². The van der Waals surface area contributed by atoms with E-state index in [0.717, 1.165) is 17.7 Å². The summed E-state index contributed by atoms with van der Waals surface area (Å²) in [6.07, 6.45) is 0.719. The molecule has 2 aromatic rings. The van der Waals surface area contributed by atoms with Crippen LogP contribution in [0.1, 0.15) is 11.1 Å². The molecular formula is C16H16N2O. The van der Waals surface area contributed by atoms with Crippen LogP contribution in [-0.4, -0.2) is 17.8 Å². The minimum atomic E-state index is -0.100. The van der Waals surface area contributed by atoms with E-state index in [1.807, 2.05) is 48.5 Å². The average molecular weight is 252 g/mol. The van der Waals surface area contributed by atoms with Gasteiger partial charge in [0, 0.05) is 0 Å². The van der Waals surface area contributed by atoms with Crippen LogP contribution in [0.25, 0.3) is 0 Å². The first-order chi connectivity index (χ1) is 9.33. The Labute approximate surface area is 113 Å². The fourth-order valence-corrected chi connectivity index (χ4v) is 1.99. The minimum Gasteiger partial charge on any atom is -0.394 e. The number of aliphatic hydroxyl groups excluding tert-OH is 1. The molecule has 2 N–H and O–H groups in total. The Hall–Kier alpha value is -2.31. The van der Waals surface area contributed by atoms with Gasteiger partial charge >= 0.3 is 0 Å². The lowest BCUT2D eigenvalue weighted by atomic mass is 10.1. The molecule has 0 aromatic heterocycles. The van der Waals surface area contributed by atoms with Crippen molar-refractivity contribution in [1.82, 2.24) is 0 Å². The fraction of sp³-hybridized carbons (Fsp3) is 0.188. The first-order valence-corrected chi connectivity index (χ1v) is 6.24. The van der Waals surface area contributed by atoms with Crippen LogP contribution >= 0.6 is 0 Å². The largest absolute Gasteiger partial charge is 0.394 e. The molecule has 0 aliphatic carbocycles. The van der Waals surface area contributed by atoms with E-state index in [9.17, 15) is 5.11 Å². The summed E-state index contributed by atoms with van der Waals surface area (Å²) in [6.45, 7) is 0.0225. The maximum absolute atomic E-state index is 9.47. The zero-order valence-electron chi connectivity index (χ0n) is 10.6. The van der Waals surface area contributed by atoms with Gasteiger partial charge in [-0.15, -0.1) is 0 Å². The topological polar surface area (TPSA) is 56.0 Å². The van der Waals surface area contributed by atoms with E-state index < -0.39 is 0 Å². The maximum Gasteiger partial charge on any atom is 0.101 e. The standard InChI is InChI=1S/C16H16N2O/c17-11-14-8-4-5-9-16(14)18-15(12-19)10-13-6-2-1-3-7-13/h1-9,15,18-19H,10,12H2. The number of nitrogens with zero attached hydrogens (tertiary/aromatic N) is 1. The predicted octanol–water partition coefficient (Wildman–Crippen LogP) is 2.57. The summed E-state index contributed by atoms with van der Waals surface area (Å²) in [6, 6.07) is 19.3. The highest BCUT2D eigenvalue weighted by molar-refractivity contribution is 5.57. The molecule has 3 heteroatoms. The Morgan fingerprint density at radius 2 is 1.74 bits per heavy atom. The number of para-hydroxylation sites is 1. The molecule has 0 spiro atoms. The van der Waals surface area contributed by atoms with Crippen molar-refractivity contribution >= 4 is 5.69 Å². The molecule has 3 nitrogen and oxygen atoms in total. The summed E-state index contributed by atoms with van der Waals surface area (Å²) in [7, 11) is 0. The van der Waals surface area contributed by atoms with E-state index >= 15 is 0 Å². The molecule has 96 valence electrons. The van der Waals surface area contributed by atoms with Crippen LogP contribution in [0.3, 0.4) is 0 Å². The van der Waals surface area contributed by atoms with Gasteiger partial charge in [-0.05, 0) is 24.1 Å². The number of nitriles is 1. The third-order valence-corrected chi connectivity index (χ3v) is 2.95. The van der Waals surface area contributed by atoms with Crippen LogP contribution in [0, 0.1) is 11.3 Å². The first-order valence-electron chi connectivity index (χ1n) is 6.24. The van der Waals surface area contributed by atoms with Crippen molar-refractivity contribution in [3.8, 4) is 6.07 Å². The van der Waals surface area contributed by atoms with Gasteiger partial charge < -0.3 is 10.4 Å². The monoisotopic (exact) mass is 252 g/mol. The van der Waals surface area contributed by atoms with Crippen LogP contribution in [0.15, 0.2) is 54.6 Å². The van der Waals surface area contributed by atoms with Crippen LogP contribution in [0.4, 0.5) is 5.69 Å². The van der Waals surface area contributed by atoms with Crippen LogP contribution in [0.5, 0.6) is 0 Å². The van der Waals surface area contributed by atoms with Gasteiger partial charge in [0.1, 0.15) is 6.07 Å². The summed E-state index contributed by atoms with van der Waals surface area (Å²) in [5.41, 5.74) is 2.51. The summed E-state index contributed by atoms with van der Waals surface area (Å²) >= 11 is 0. The average Bonchev–Trinajstić information content (AvgIpc) is 2.48. The van der Waals surface area contributed by atoms with Crippen molar-refractivity contribution < 1.29 is 5.11 Å². The van der Waals surface area contributed by atoms with E-state index in [-0.39, 0.29) is 12.6 Å². The smallest absolute Gasteiger partial charge is 0.101 e. The molecule has 0 aliphatic rings. The van der Waals surface area contributed by atoms with E-state index in [1.54, 1.807) is 6.07 Å². The van der Waals surface area contributed by atoms with Gasteiger partial charge in [0.25, 0.3) is 0 Å². The summed E-state index contributed by atoms with van der Waals surface area (Å²) in [5, 5.41) is 21.7. The van der Waals surface area contributed by atoms with E-state index in [2.05, 4.69) is 11.4 Å². The van der Waals surface area contributed by atoms with Crippen molar-refractivity contribution in [2.75, 3.05) is 11.9 Å². The number of benzene rings is 2. The summed E-state index contributed by atoms with van der Waals surface area (Å²) in [5.74, 6) is 0. The minimum absolute atomic E-state index is 0.0225. The van der Waals surface area contributed by atoms with Gasteiger partial charge in [-0.1, -0.05) is 42.5 Å². The zero-order chi connectivity index (χ0) is 13.5. The number of nitrogens with one attached hydrogen (secondary N) is 1. The fourth-order valence-electron chi connectivity index (χ4n) is 1.99. The van der Waals surface area contributed by atoms with E-state index in [1.165, 1.54) is 0 Å². The van der Waals surface area contributed by atoms with Crippen molar-refractivity contribution in [2.45, 2.75) is 12.5 Å². The number of aliphatic hydroxyl groups is 1. The lowest BCUT2D eigenvalue weighted by molar-refractivity contribution is 0.273. The van der Waals surface area contributed by atoms with Gasteiger partial charge in [-0.25, -0.2) is 0 Å². The van der Waals surface area contributed by atoms with E-state index in [4.69, 9.17) is 5.26 Å². The molecule has 2 aromatic carbocycles. The molecular weight excluding hydrogens is 236 g/mol. The van der Waals surface area contributed by atoms with Crippen molar-refractivity contribution in [3.05, 3.63) is 65.7 Å². The molecule has 0 heterocycles. The predicted molar refractivity (Wildman–Crippen MR) is 75.8 cm³/mol. The Bertz CT molecular complexity index is 560. The highest BCUT2D eigenvalue weighted by Crippen LogP contribution is 2.16. The summed E-state index contributed by atoms with van der Waals surface area (Å²) < 4.78 is 0. The lowest BCUT2D eigenvalue weighted by Crippen LogP contribution is -2.26. The Balaban J connectivity index is 2.09. The quantitative estimate of drug-likeness (QED) is 0.860. The molecule has 0 fully saturated rings. The molecule has 0 aliphatic heterocycles. The molecule has 19 heavy (non-hydrogen) atoms. The normalized spacial score (nSPS) is 11.6. The van der Waals surface area contributed by atoms with E-state index in [0.29, 0.717) is 5.56 Å². The van der Waals surface area contributed by atoms with Gasteiger partial charge in [-0.2, -0.15) is 5.26 Å². The number of hydrogen-bond acceptors (Lipinski definition) is 3. The van der Waals surface area contributed by atoms with Gasteiger partial charge in [0.05, 0.1) is 23.9 Å². The maximum atomic E-state index is 9.47. The van der Waals surface area contributed by atoms with Crippen molar-refractivity contribution in [1.29, 1.82) is 5.26 Å². The Morgan fingerprint density at radius 3 is 2.42 bits per heavy atom. The number of anilines is 1. The molecule has 0 radical (unpaired) electrons.